The van der Waals surface area contributed by atoms with Crippen molar-refractivity contribution in [2.45, 2.75) is 88.3 Å². The number of nitrogens with one attached hydrogen (secondary N) is 1. The minimum atomic E-state index is -2.98. The van der Waals surface area contributed by atoms with E-state index in [1.165, 1.54) is 12.8 Å². The van der Waals surface area contributed by atoms with E-state index in [4.69, 9.17) is 9.47 Å². The van der Waals surface area contributed by atoms with Crippen molar-refractivity contribution in [3.63, 3.8) is 0 Å². The van der Waals surface area contributed by atoms with E-state index in [1.54, 1.807) is 0 Å². The summed E-state index contributed by atoms with van der Waals surface area (Å²) >= 11 is 0. The predicted molar refractivity (Wildman–Crippen MR) is 138 cm³/mol. The van der Waals surface area contributed by atoms with Gasteiger partial charge in [-0.3, -0.25) is 4.79 Å². The SMILES string of the molecule is O=C(CCCCCS(=O)(=O)C1CCCCC1)NC(Cc1ccc2c(c1)OCCO2)CN1CCCC1. The molecular weight excluding hydrogens is 464 g/mol. The molecule has 0 aromatic heterocycles. The van der Waals surface area contributed by atoms with Crippen LogP contribution in [0.5, 0.6) is 11.5 Å². The number of hydrogen-bond donors (Lipinski definition) is 1. The van der Waals surface area contributed by atoms with Gasteiger partial charge in [0, 0.05) is 19.0 Å². The molecular formula is C27H42N2O5S. The van der Waals surface area contributed by atoms with Gasteiger partial charge >= 0.3 is 0 Å². The first-order valence-electron chi connectivity index (χ1n) is 13.6. The van der Waals surface area contributed by atoms with Crippen molar-refractivity contribution in [3.8, 4) is 11.5 Å². The standard InChI is InChI=1S/C27H42N2O5S/c30-27(11-5-2-8-18-35(31,32)24-9-3-1-4-10-24)28-23(21-29-14-6-7-15-29)19-22-12-13-25-26(20-22)34-17-16-33-25/h12-13,20,23-24H,1-11,14-19,21H2,(H,28,30). The monoisotopic (exact) mass is 506 g/mol. The molecule has 2 aliphatic heterocycles. The summed E-state index contributed by atoms with van der Waals surface area (Å²) in [5.74, 6) is 1.89. The normalized spacial score (nSPS) is 20.0. The molecule has 1 N–H and O–H groups in total. The summed E-state index contributed by atoms with van der Waals surface area (Å²) in [6.45, 7) is 4.16. The van der Waals surface area contributed by atoms with Gasteiger partial charge < -0.3 is 19.7 Å². The summed E-state index contributed by atoms with van der Waals surface area (Å²) in [5, 5.41) is 3.13. The first-order valence-corrected chi connectivity index (χ1v) is 15.3. The summed E-state index contributed by atoms with van der Waals surface area (Å²) in [6.07, 6.45) is 10.7. The van der Waals surface area contributed by atoms with Gasteiger partial charge in [-0.05, 0) is 75.7 Å². The van der Waals surface area contributed by atoms with Gasteiger partial charge in [-0.15, -0.1) is 0 Å². The van der Waals surface area contributed by atoms with Gasteiger partial charge in [-0.2, -0.15) is 0 Å². The number of rotatable bonds is 12. The van der Waals surface area contributed by atoms with Crippen LogP contribution in [0.2, 0.25) is 0 Å². The number of carbonyl (C=O) groups is 1. The lowest BCUT2D eigenvalue weighted by Gasteiger charge is -2.25. The summed E-state index contributed by atoms with van der Waals surface area (Å²) in [5.41, 5.74) is 1.13. The van der Waals surface area contributed by atoms with Crippen LogP contribution >= 0.6 is 0 Å². The molecule has 1 saturated heterocycles. The molecule has 7 nitrogen and oxygen atoms in total. The number of likely N-dealkylation sites (tertiary alicyclic amines) is 1. The Kier molecular flexibility index (Phi) is 9.72. The highest BCUT2D eigenvalue weighted by molar-refractivity contribution is 7.92. The quantitative estimate of drug-likeness (QED) is 0.433. The van der Waals surface area contributed by atoms with E-state index < -0.39 is 9.84 Å². The maximum atomic E-state index is 12.8. The van der Waals surface area contributed by atoms with Crippen molar-refractivity contribution in [1.82, 2.24) is 10.2 Å². The number of hydrogen-bond acceptors (Lipinski definition) is 6. The highest BCUT2D eigenvalue weighted by Crippen LogP contribution is 2.31. The highest BCUT2D eigenvalue weighted by atomic mass is 32.2. The third kappa shape index (κ3) is 8.10. The van der Waals surface area contributed by atoms with Crippen molar-refractivity contribution >= 4 is 15.7 Å². The molecule has 1 unspecified atom stereocenters. The Labute approximate surface area is 210 Å². The van der Waals surface area contributed by atoms with Gasteiger partial charge in [0.05, 0.1) is 11.0 Å². The molecule has 0 radical (unpaired) electrons. The molecule has 35 heavy (non-hydrogen) atoms. The fourth-order valence-corrected chi connectivity index (χ4v) is 7.59. The zero-order chi connectivity index (χ0) is 24.5. The minimum absolute atomic E-state index is 0.0369. The molecule has 0 bridgehead atoms. The fourth-order valence-electron chi connectivity index (χ4n) is 5.59. The van der Waals surface area contributed by atoms with E-state index >= 15 is 0 Å². The van der Waals surface area contributed by atoms with Crippen molar-refractivity contribution in [3.05, 3.63) is 23.8 Å². The largest absolute Gasteiger partial charge is 0.486 e. The number of amides is 1. The van der Waals surface area contributed by atoms with Gasteiger partial charge in [0.15, 0.2) is 21.3 Å². The summed E-state index contributed by atoms with van der Waals surface area (Å²) in [4.78, 5) is 15.2. The summed E-state index contributed by atoms with van der Waals surface area (Å²) in [6, 6.07) is 6.09. The molecule has 1 amide bonds. The predicted octanol–water partition coefficient (Wildman–Crippen LogP) is 3.89. The zero-order valence-electron chi connectivity index (χ0n) is 21.0. The van der Waals surface area contributed by atoms with Crippen LogP contribution in [0.4, 0.5) is 0 Å². The van der Waals surface area contributed by atoms with Gasteiger partial charge in [0.1, 0.15) is 13.2 Å². The van der Waals surface area contributed by atoms with Crippen LogP contribution in [-0.2, 0) is 21.1 Å². The lowest BCUT2D eigenvalue weighted by Crippen LogP contribution is -2.44. The Morgan fingerprint density at radius 3 is 2.49 bits per heavy atom. The Hall–Kier alpha value is -1.80. The molecule has 1 aromatic rings. The molecule has 3 aliphatic rings. The Morgan fingerprint density at radius 2 is 1.71 bits per heavy atom. The Morgan fingerprint density at radius 1 is 0.971 bits per heavy atom. The first kappa shape index (κ1) is 26.3. The van der Waals surface area contributed by atoms with Crippen molar-refractivity contribution in [1.29, 1.82) is 0 Å². The average molecular weight is 507 g/mol. The van der Waals surface area contributed by atoms with Crippen LogP contribution in [0.1, 0.15) is 76.2 Å². The number of sulfone groups is 1. The maximum Gasteiger partial charge on any atom is 0.220 e. The van der Waals surface area contributed by atoms with Crippen LogP contribution < -0.4 is 14.8 Å². The molecule has 1 aliphatic carbocycles. The molecule has 1 aromatic carbocycles. The average Bonchev–Trinajstić information content (AvgIpc) is 3.37. The van der Waals surface area contributed by atoms with E-state index in [9.17, 15) is 13.2 Å². The molecule has 2 fully saturated rings. The van der Waals surface area contributed by atoms with Crippen molar-refractivity contribution in [2.75, 3.05) is 38.6 Å². The van der Waals surface area contributed by atoms with Gasteiger partial charge in [-0.1, -0.05) is 31.7 Å². The number of benzene rings is 1. The van der Waals surface area contributed by atoms with Crippen LogP contribution in [-0.4, -0.2) is 69.1 Å². The highest BCUT2D eigenvalue weighted by Gasteiger charge is 2.26. The second-order valence-corrected chi connectivity index (χ2v) is 12.8. The van der Waals surface area contributed by atoms with Gasteiger partial charge in [0.25, 0.3) is 0 Å². The number of ether oxygens (including phenoxy) is 2. The third-order valence-electron chi connectivity index (χ3n) is 7.52. The number of carbonyl (C=O) groups excluding carboxylic acids is 1. The van der Waals surface area contributed by atoms with Gasteiger partial charge in [0.2, 0.25) is 5.91 Å². The Balaban J connectivity index is 1.23. The van der Waals surface area contributed by atoms with Crippen LogP contribution in [0, 0.1) is 0 Å². The molecule has 2 heterocycles. The van der Waals surface area contributed by atoms with E-state index in [2.05, 4.69) is 16.3 Å². The molecule has 4 rings (SSSR count). The minimum Gasteiger partial charge on any atom is -0.486 e. The zero-order valence-corrected chi connectivity index (χ0v) is 21.8. The van der Waals surface area contributed by atoms with E-state index in [1.807, 2.05) is 12.1 Å². The fraction of sp³-hybridized carbons (Fsp3) is 0.741. The number of unbranched alkanes of at least 4 members (excludes halogenated alkanes) is 2. The number of nitrogens with zero attached hydrogens (tertiary/aromatic N) is 1. The van der Waals surface area contributed by atoms with Crippen molar-refractivity contribution < 1.29 is 22.7 Å². The topological polar surface area (TPSA) is 84.9 Å². The lowest BCUT2D eigenvalue weighted by atomic mass is 10.0. The molecule has 196 valence electrons. The molecule has 1 atom stereocenters. The second kappa shape index (κ2) is 12.9. The van der Waals surface area contributed by atoms with Crippen LogP contribution in [0.25, 0.3) is 0 Å². The van der Waals surface area contributed by atoms with Crippen molar-refractivity contribution in [2.24, 2.45) is 0 Å². The van der Waals surface area contributed by atoms with E-state index in [0.717, 1.165) is 88.1 Å². The second-order valence-electron chi connectivity index (χ2n) is 10.4. The number of fused-ring (bicyclic) bond motifs is 1. The first-order chi connectivity index (χ1) is 17.0. The van der Waals surface area contributed by atoms with Crippen LogP contribution in [0.3, 0.4) is 0 Å². The molecule has 0 spiro atoms. The third-order valence-corrected chi connectivity index (χ3v) is 9.87. The molecule has 1 saturated carbocycles. The Bertz CT molecular complexity index is 923. The lowest BCUT2D eigenvalue weighted by molar-refractivity contribution is -0.122. The maximum absolute atomic E-state index is 12.8. The summed E-state index contributed by atoms with van der Waals surface area (Å²) in [7, 11) is -2.98. The van der Waals surface area contributed by atoms with Gasteiger partial charge in [-0.25, -0.2) is 8.42 Å². The van der Waals surface area contributed by atoms with Crippen LogP contribution in [0.15, 0.2) is 18.2 Å². The summed E-state index contributed by atoms with van der Waals surface area (Å²) < 4.78 is 36.5. The smallest absolute Gasteiger partial charge is 0.220 e. The van der Waals surface area contributed by atoms with E-state index in [-0.39, 0.29) is 23.0 Å². The van der Waals surface area contributed by atoms with E-state index in [0.29, 0.717) is 26.1 Å². The molecule has 8 heteroatoms.